The molecule has 0 spiro atoms. The minimum Gasteiger partial charge on any atom is -0.366 e. The summed E-state index contributed by atoms with van der Waals surface area (Å²) < 4.78 is 1.61. The predicted molar refractivity (Wildman–Crippen MR) is 77.7 cm³/mol. The lowest BCUT2D eigenvalue weighted by atomic mass is 10.1. The number of thioether (sulfide) groups is 1. The third-order valence-corrected chi connectivity index (χ3v) is 3.80. The van der Waals surface area contributed by atoms with Crippen LogP contribution in [-0.2, 0) is 12.3 Å². The van der Waals surface area contributed by atoms with Crippen LogP contribution < -0.4 is 11.4 Å². The third-order valence-electron chi connectivity index (χ3n) is 2.75. The van der Waals surface area contributed by atoms with Gasteiger partial charge >= 0.3 is 5.69 Å². The van der Waals surface area contributed by atoms with E-state index < -0.39 is 5.91 Å². The van der Waals surface area contributed by atoms with Crippen LogP contribution in [0.3, 0.4) is 0 Å². The zero-order valence-electron chi connectivity index (χ0n) is 11.1. The van der Waals surface area contributed by atoms with Crippen LogP contribution in [0.15, 0.2) is 34.2 Å². The Morgan fingerprint density at radius 2 is 2.30 bits per heavy atom. The summed E-state index contributed by atoms with van der Waals surface area (Å²) in [6.07, 6.45) is 0.865. The van der Waals surface area contributed by atoms with Gasteiger partial charge in [0.1, 0.15) is 0 Å². The molecular formula is C13H16N4O2S. The van der Waals surface area contributed by atoms with Gasteiger partial charge in [-0.05, 0) is 24.1 Å². The summed E-state index contributed by atoms with van der Waals surface area (Å²) >= 11 is 1.45. The second-order valence-electron chi connectivity index (χ2n) is 4.32. The second kappa shape index (κ2) is 6.42. The molecule has 0 saturated heterocycles. The highest BCUT2D eigenvalue weighted by Gasteiger charge is 2.09. The maximum absolute atomic E-state index is 11.6. The maximum Gasteiger partial charge on any atom is 0.343 e. The molecule has 1 aromatic heterocycles. The van der Waals surface area contributed by atoms with E-state index in [-0.39, 0.29) is 5.69 Å². The number of hydrogen-bond acceptors (Lipinski definition) is 4. The van der Waals surface area contributed by atoms with Crippen LogP contribution in [0.1, 0.15) is 29.3 Å². The first-order valence-electron chi connectivity index (χ1n) is 6.28. The number of aromatic nitrogens is 3. The molecule has 1 aromatic carbocycles. The van der Waals surface area contributed by atoms with Crippen molar-refractivity contribution in [2.24, 2.45) is 5.73 Å². The Kier molecular flexibility index (Phi) is 4.62. The van der Waals surface area contributed by atoms with Gasteiger partial charge < -0.3 is 5.73 Å². The second-order valence-corrected chi connectivity index (χ2v) is 5.26. The van der Waals surface area contributed by atoms with Crippen molar-refractivity contribution in [3.63, 3.8) is 0 Å². The molecule has 0 fully saturated rings. The van der Waals surface area contributed by atoms with Crippen molar-refractivity contribution in [2.75, 3.05) is 0 Å². The quantitative estimate of drug-likeness (QED) is 0.786. The van der Waals surface area contributed by atoms with Crippen LogP contribution >= 0.6 is 11.8 Å². The van der Waals surface area contributed by atoms with Gasteiger partial charge in [-0.25, -0.2) is 9.89 Å². The Balaban J connectivity index is 2.11. The van der Waals surface area contributed by atoms with Gasteiger partial charge in [0.25, 0.3) is 0 Å². The molecular weight excluding hydrogens is 276 g/mol. The maximum atomic E-state index is 11.6. The number of aromatic amines is 1. The summed E-state index contributed by atoms with van der Waals surface area (Å²) in [5.74, 6) is 0.175. The third kappa shape index (κ3) is 3.30. The van der Waals surface area contributed by atoms with E-state index in [1.54, 1.807) is 22.8 Å². The SMILES string of the molecule is CCCn1c(SCc2cccc(C(N)=O)c2)n[nH]c1=O. The van der Waals surface area contributed by atoms with Gasteiger partial charge in [0.2, 0.25) is 5.91 Å². The first-order chi connectivity index (χ1) is 9.61. The first-order valence-corrected chi connectivity index (χ1v) is 7.27. The van der Waals surface area contributed by atoms with E-state index in [0.717, 1.165) is 12.0 Å². The van der Waals surface area contributed by atoms with Crippen molar-refractivity contribution < 1.29 is 4.79 Å². The number of carbonyl (C=O) groups is 1. The molecule has 2 aromatic rings. The number of amides is 1. The summed E-state index contributed by atoms with van der Waals surface area (Å²) in [5.41, 5.74) is 6.50. The van der Waals surface area contributed by atoms with Crippen molar-refractivity contribution in [1.29, 1.82) is 0 Å². The van der Waals surface area contributed by atoms with Crippen molar-refractivity contribution in [3.8, 4) is 0 Å². The Labute approximate surface area is 120 Å². The Morgan fingerprint density at radius 3 is 3.00 bits per heavy atom. The van der Waals surface area contributed by atoms with Gasteiger partial charge in [-0.3, -0.25) is 9.36 Å². The van der Waals surface area contributed by atoms with E-state index in [4.69, 9.17) is 5.73 Å². The lowest BCUT2D eigenvalue weighted by Crippen LogP contribution is -2.17. The zero-order valence-corrected chi connectivity index (χ0v) is 11.9. The molecule has 20 heavy (non-hydrogen) atoms. The Morgan fingerprint density at radius 1 is 1.50 bits per heavy atom. The van der Waals surface area contributed by atoms with Gasteiger partial charge in [0, 0.05) is 17.9 Å². The van der Waals surface area contributed by atoms with E-state index in [2.05, 4.69) is 10.2 Å². The lowest BCUT2D eigenvalue weighted by molar-refractivity contribution is 0.1000. The highest BCUT2D eigenvalue weighted by atomic mass is 32.2. The molecule has 0 aliphatic heterocycles. The van der Waals surface area contributed by atoms with E-state index in [1.807, 2.05) is 13.0 Å². The van der Waals surface area contributed by atoms with Crippen LogP contribution in [0.4, 0.5) is 0 Å². The molecule has 0 aliphatic rings. The summed E-state index contributed by atoms with van der Waals surface area (Å²) in [6, 6.07) is 7.14. The monoisotopic (exact) mass is 292 g/mol. The normalized spacial score (nSPS) is 10.7. The van der Waals surface area contributed by atoms with Gasteiger partial charge in [-0.15, -0.1) is 5.10 Å². The van der Waals surface area contributed by atoms with E-state index in [0.29, 0.717) is 23.0 Å². The summed E-state index contributed by atoms with van der Waals surface area (Å²) in [4.78, 5) is 22.7. The number of benzene rings is 1. The van der Waals surface area contributed by atoms with E-state index in [9.17, 15) is 9.59 Å². The van der Waals surface area contributed by atoms with Crippen molar-refractivity contribution in [2.45, 2.75) is 30.8 Å². The fourth-order valence-electron chi connectivity index (χ4n) is 1.80. The van der Waals surface area contributed by atoms with Gasteiger partial charge in [0.05, 0.1) is 0 Å². The number of nitrogens with two attached hydrogens (primary N) is 1. The van der Waals surface area contributed by atoms with E-state index in [1.165, 1.54) is 11.8 Å². The minimum absolute atomic E-state index is 0.194. The number of rotatable bonds is 6. The summed E-state index contributed by atoms with van der Waals surface area (Å²) in [5, 5.41) is 7.11. The fraction of sp³-hybridized carbons (Fsp3) is 0.308. The molecule has 0 saturated carbocycles. The molecule has 0 aliphatic carbocycles. The number of carbonyl (C=O) groups excluding carboxylic acids is 1. The van der Waals surface area contributed by atoms with Crippen molar-refractivity contribution in [3.05, 3.63) is 45.9 Å². The molecule has 6 nitrogen and oxygen atoms in total. The molecule has 0 radical (unpaired) electrons. The highest BCUT2D eigenvalue weighted by Crippen LogP contribution is 2.20. The van der Waals surface area contributed by atoms with Gasteiger partial charge in [-0.2, -0.15) is 0 Å². The number of nitrogens with zero attached hydrogens (tertiary/aromatic N) is 2. The zero-order chi connectivity index (χ0) is 14.5. The molecule has 3 N–H and O–H groups in total. The lowest BCUT2D eigenvalue weighted by Gasteiger charge is -2.04. The average molecular weight is 292 g/mol. The topological polar surface area (TPSA) is 93.8 Å². The standard InChI is InChI=1S/C13H16N4O2S/c1-2-6-17-12(19)15-16-13(17)20-8-9-4-3-5-10(7-9)11(14)18/h3-5,7H,2,6,8H2,1H3,(H2,14,18)(H,15,19). The van der Waals surface area contributed by atoms with Crippen molar-refractivity contribution in [1.82, 2.24) is 14.8 Å². The molecule has 106 valence electrons. The predicted octanol–water partition coefficient (Wildman–Crippen LogP) is 1.37. The van der Waals surface area contributed by atoms with Crippen LogP contribution in [0.25, 0.3) is 0 Å². The minimum atomic E-state index is -0.445. The van der Waals surface area contributed by atoms with Crippen LogP contribution in [-0.4, -0.2) is 20.7 Å². The summed E-state index contributed by atoms with van der Waals surface area (Å²) in [7, 11) is 0. The van der Waals surface area contributed by atoms with Gasteiger partial charge in [0.15, 0.2) is 5.16 Å². The molecule has 0 unspecified atom stereocenters. The molecule has 0 atom stereocenters. The number of primary amides is 1. The Bertz CT molecular complexity index is 662. The van der Waals surface area contributed by atoms with Gasteiger partial charge in [-0.1, -0.05) is 30.8 Å². The number of nitrogens with one attached hydrogen (secondary N) is 1. The number of hydrogen-bond donors (Lipinski definition) is 2. The first kappa shape index (κ1) is 14.4. The fourth-order valence-corrected chi connectivity index (χ4v) is 2.71. The van der Waals surface area contributed by atoms with E-state index >= 15 is 0 Å². The summed E-state index contributed by atoms with van der Waals surface area (Å²) in [6.45, 7) is 2.64. The average Bonchev–Trinajstić information content (AvgIpc) is 2.78. The highest BCUT2D eigenvalue weighted by molar-refractivity contribution is 7.98. The van der Waals surface area contributed by atoms with Crippen LogP contribution in [0.2, 0.25) is 0 Å². The molecule has 0 bridgehead atoms. The van der Waals surface area contributed by atoms with Crippen LogP contribution in [0.5, 0.6) is 0 Å². The number of H-pyrrole nitrogens is 1. The largest absolute Gasteiger partial charge is 0.366 e. The molecule has 1 amide bonds. The Hall–Kier alpha value is -2.02. The molecule has 2 rings (SSSR count). The van der Waals surface area contributed by atoms with Crippen molar-refractivity contribution >= 4 is 17.7 Å². The smallest absolute Gasteiger partial charge is 0.343 e. The molecule has 7 heteroatoms. The molecule has 1 heterocycles. The van der Waals surface area contributed by atoms with Crippen LogP contribution in [0, 0.1) is 0 Å².